The summed E-state index contributed by atoms with van der Waals surface area (Å²) < 4.78 is 11.4. The molecule has 1 saturated heterocycles. The third kappa shape index (κ3) is 6.22. The molecule has 0 aromatic heterocycles. The van der Waals surface area contributed by atoms with Crippen LogP contribution in [0.5, 0.6) is 11.5 Å². The minimum atomic E-state index is -0.157. The summed E-state index contributed by atoms with van der Waals surface area (Å²) >= 11 is 0. The van der Waals surface area contributed by atoms with Crippen LogP contribution >= 0.6 is 0 Å². The van der Waals surface area contributed by atoms with Gasteiger partial charge in [0.2, 0.25) is 0 Å². The first-order chi connectivity index (χ1) is 11.2. The van der Waals surface area contributed by atoms with Crippen LogP contribution in [0.1, 0.15) is 52.4 Å². The number of rotatable bonds is 7. The molecule has 2 unspecified atom stereocenters. The molecule has 0 bridgehead atoms. The van der Waals surface area contributed by atoms with Crippen LogP contribution in [0.4, 0.5) is 0 Å². The number of carbonyl (C=O) groups is 1. The van der Waals surface area contributed by atoms with Crippen molar-refractivity contribution in [2.45, 2.75) is 58.5 Å². The van der Waals surface area contributed by atoms with Gasteiger partial charge in [-0.1, -0.05) is 26.7 Å². The van der Waals surface area contributed by atoms with Crippen LogP contribution in [0.3, 0.4) is 0 Å². The summed E-state index contributed by atoms with van der Waals surface area (Å²) in [5.41, 5.74) is 0. The van der Waals surface area contributed by atoms with Crippen molar-refractivity contribution < 1.29 is 14.3 Å². The van der Waals surface area contributed by atoms with Gasteiger partial charge in [0.05, 0.1) is 0 Å². The first-order valence-electron chi connectivity index (χ1n) is 8.87. The zero-order valence-corrected chi connectivity index (χ0v) is 14.3. The topological polar surface area (TPSA) is 47.6 Å². The monoisotopic (exact) mass is 319 g/mol. The molecule has 2 atom stereocenters. The fourth-order valence-electron chi connectivity index (χ4n) is 2.81. The van der Waals surface area contributed by atoms with E-state index in [-0.39, 0.29) is 12.1 Å². The second-order valence-corrected chi connectivity index (χ2v) is 6.38. The molecule has 1 aliphatic heterocycles. The lowest BCUT2D eigenvalue weighted by Gasteiger charge is -2.22. The summed E-state index contributed by atoms with van der Waals surface area (Å²) in [4.78, 5) is 11.7. The Balaban J connectivity index is 1.82. The molecule has 4 heteroatoms. The summed E-state index contributed by atoms with van der Waals surface area (Å²) in [5.74, 6) is 1.77. The van der Waals surface area contributed by atoms with Gasteiger partial charge in [-0.15, -0.1) is 0 Å². The zero-order valence-electron chi connectivity index (χ0n) is 14.3. The second-order valence-electron chi connectivity index (χ2n) is 6.38. The molecule has 0 spiro atoms. The van der Waals surface area contributed by atoms with Crippen LogP contribution in [0.25, 0.3) is 0 Å². The highest BCUT2D eigenvalue weighted by atomic mass is 16.5. The van der Waals surface area contributed by atoms with E-state index in [1.54, 1.807) is 0 Å². The van der Waals surface area contributed by atoms with Crippen LogP contribution < -0.4 is 14.8 Å². The highest BCUT2D eigenvalue weighted by Crippen LogP contribution is 2.23. The Morgan fingerprint density at radius 2 is 1.96 bits per heavy atom. The van der Waals surface area contributed by atoms with Gasteiger partial charge in [-0.3, -0.25) is 4.79 Å². The Morgan fingerprint density at radius 1 is 1.22 bits per heavy atom. The first-order valence-corrected chi connectivity index (χ1v) is 8.87. The summed E-state index contributed by atoms with van der Waals surface area (Å²) in [6.07, 6.45) is 6.01. The summed E-state index contributed by atoms with van der Waals surface area (Å²) in [6, 6.07) is 7.40. The predicted octanol–water partition coefficient (Wildman–Crippen LogP) is 3.94. The molecule has 2 rings (SSSR count). The van der Waals surface area contributed by atoms with Gasteiger partial charge >= 0.3 is 5.97 Å². The normalized spacial score (nSPS) is 21.5. The molecule has 1 N–H and O–H groups in total. The van der Waals surface area contributed by atoms with E-state index < -0.39 is 0 Å². The molecular formula is C19H29NO3. The van der Waals surface area contributed by atoms with Gasteiger partial charge in [0, 0.05) is 18.9 Å². The molecule has 1 fully saturated rings. The van der Waals surface area contributed by atoms with E-state index in [9.17, 15) is 4.79 Å². The average Bonchev–Trinajstić information content (AvgIpc) is 2.74. The quantitative estimate of drug-likeness (QED) is 0.470. The maximum Gasteiger partial charge on any atom is 0.311 e. The second kappa shape index (κ2) is 9.56. The van der Waals surface area contributed by atoms with Crippen LogP contribution in [0.15, 0.2) is 24.3 Å². The Kier molecular flexibility index (Phi) is 7.40. The Hall–Kier alpha value is -1.55. The predicted molar refractivity (Wildman–Crippen MR) is 91.9 cm³/mol. The van der Waals surface area contributed by atoms with E-state index in [1.807, 2.05) is 24.3 Å². The summed E-state index contributed by atoms with van der Waals surface area (Å²) in [6.45, 7) is 6.40. The smallest absolute Gasteiger partial charge is 0.311 e. The fourth-order valence-corrected chi connectivity index (χ4v) is 2.81. The molecule has 1 aliphatic rings. The van der Waals surface area contributed by atoms with Crippen molar-refractivity contribution in [1.29, 1.82) is 0 Å². The largest absolute Gasteiger partial charge is 0.490 e. The van der Waals surface area contributed by atoms with Crippen molar-refractivity contribution in [3.8, 4) is 11.5 Å². The lowest BCUT2D eigenvalue weighted by atomic mass is 10.0. The van der Waals surface area contributed by atoms with Gasteiger partial charge < -0.3 is 14.8 Å². The number of esters is 1. The number of unbranched alkanes of at least 4 members (excludes halogenated alkanes) is 2. The van der Waals surface area contributed by atoms with Crippen molar-refractivity contribution in [1.82, 2.24) is 5.32 Å². The molecular weight excluding hydrogens is 290 g/mol. The Bertz CT molecular complexity index is 472. The first kappa shape index (κ1) is 17.8. The summed E-state index contributed by atoms with van der Waals surface area (Å²) in [7, 11) is 0. The third-order valence-corrected chi connectivity index (χ3v) is 4.27. The van der Waals surface area contributed by atoms with Crippen molar-refractivity contribution in [3.63, 3.8) is 0 Å². The molecule has 1 aromatic carbocycles. The van der Waals surface area contributed by atoms with Crippen LogP contribution in [0, 0.1) is 5.92 Å². The average molecular weight is 319 g/mol. The minimum Gasteiger partial charge on any atom is -0.490 e. The molecule has 4 nitrogen and oxygen atoms in total. The third-order valence-electron chi connectivity index (χ3n) is 4.27. The summed E-state index contributed by atoms with van der Waals surface area (Å²) in [5, 5.41) is 3.43. The van der Waals surface area contributed by atoms with Gasteiger partial charge in [-0.05, 0) is 50.1 Å². The molecule has 0 saturated carbocycles. The standard InChI is InChI=1S/C19H29NO3/c1-3-4-5-8-19(21)23-17-11-9-16(10-12-17)22-18-7-6-13-20-14-15(18)2/h9-12,15,18,20H,3-8,13-14H2,1-2H3. The number of carbonyl (C=O) groups excluding carboxylic acids is 1. The lowest BCUT2D eigenvalue weighted by Crippen LogP contribution is -2.29. The number of nitrogens with one attached hydrogen (secondary N) is 1. The van der Waals surface area contributed by atoms with Gasteiger partial charge in [0.1, 0.15) is 17.6 Å². The van der Waals surface area contributed by atoms with E-state index in [0.29, 0.717) is 18.1 Å². The zero-order chi connectivity index (χ0) is 16.5. The lowest BCUT2D eigenvalue weighted by molar-refractivity contribution is -0.134. The van der Waals surface area contributed by atoms with Gasteiger partial charge in [0.15, 0.2) is 0 Å². The van der Waals surface area contributed by atoms with Crippen LogP contribution in [0.2, 0.25) is 0 Å². The van der Waals surface area contributed by atoms with Crippen LogP contribution in [-0.2, 0) is 4.79 Å². The van der Waals surface area contributed by atoms with E-state index in [0.717, 1.165) is 50.9 Å². The highest BCUT2D eigenvalue weighted by Gasteiger charge is 2.21. The van der Waals surface area contributed by atoms with Crippen molar-refractivity contribution in [3.05, 3.63) is 24.3 Å². The SMILES string of the molecule is CCCCCC(=O)Oc1ccc(OC2CCCNCC2C)cc1. The molecule has 128 valence electrons. The van der Waals surface area contributed by atoms with E-state index in [1.165, 1.54) is 0 Å². The van der Waals surface area contributed by atoms with Crippen molar-refractivity contribution >= 4 is 5.97 Å². The maximum absolute atomic E-state index is 11.7. The van der Waals surface area contributed by atoms with Gasteiger partial charge in [-0.2, -0.15) is 0 Å². The van der Waals surface area contributed by atoms with E-state index in [2.05, 4.69) is 19.2 Å². The van der Waals surface area contributed by atoms with E-state index in [4.69, 9.17) is 9.47 Å². The fraction of sp³-hybridized carbons (Fsp3) is 0.632. The number of benzene rings is 1. The van der Waals surface area contributed by atoms with Gasteiger partial charge in [0.25, 0.3) is 0 Å². The maximum atomic E-state index is 11.7. The molecule has 1 aromatic rings. The molecule has 23 heavy (non-hydrogen) atoms. The van der Waals surface area contributed by atoms with Crippen LogP contribution in [-0.4, -0.2) is 25.2 Å². The number of hydrogen-bond donors (Lipinski definition) is 1. The molecule has 0 radical (unpaired) electrons. The van der Waals surface area contributed by atoms with Crippen molar-refractivity contribution in [2.24, 2.45) is 5.92 Å². The molecule has 0 aliphatic carbocycles. The van der Waals surface area contributed by atoms with Gasteiger partial charge in [-0.25, -0.2) is 0 Å². The minimum absolute atomic E-state index is 0.157. The Morgan fingerprint density at radius 3 is 2.70 bits per heavy atom. The molecule has 1 heterocycles. The molecule has 0 amide bonds. The van der Waals surface area contributed by atoms with Crippen molar-refractivity contribution in [2.75, 3.05) is 13.1 Å². The van der Waals surface area contributed by atoms with E-state index >= 15 is 0 Å². The Labute approximate surface area is 139 Å². The number of hydrogen-bond acceptors (Lipinski definition) is 4. The number of ether oxygens (including phenoxy) is 2. The highest BCUT2D eigenvalue weighted by molar-refractivity contribution is 5.72.